The number of nitrogens with zero attached hydrogens (tertiary/aromatic N) is 3. The molecule has 144 valence electrons. The lowest BCUT2D eigenvalue weighted by Gasteiger charge is -2.25. The molecular formula is C21H16N4O3S. The molecule has 0 unspecified atom stereocenters. The van der Waals surface area contributed by atoms with Crippen LogP contribution in [0.2, 0.25) is 0 Å². The maximum absolute atomic E-state index is 13.1. The van der Waals surface area contributed by atoms with E-state index in [0.717, 1.165) is 11.3 Å². The molecule has 0 radical (unpaired) electrons. The van der Waals surface area contributed by atoms with Crippen molar-refractivity contribution in [2.75, 3.05) is 16.9 Å². The number of rotatable bonds is 2. The minimum absolute atomic E-state index is 0.00742. The summed E-state index contributed by atoms with van der Waals surface area (Å²) in [5.74, 6) is -0.257. The molecule has 0 saturated carbocycles. The zero-order valence-corrected chi connectivity index (χ0v) is 16.3. The van der Waals surface area contributed by atoms with Gasteiger partial charge in [0.1, 0.15) is 17.9 Å². The van der Waals surface area contributed by atoms with E-state index >= 15 is 0 Å². The van der Waals surface area contributed by atoms with Crippen LogP contribution in [0.5, 0.6) is 0 Å². The summed E-state index contributed by atoms with van der Waals surface area (Å²) < 4.78 is 1.99. The summed E-state index contributed by atoms with van der Waals surface area (Å²) in [6, 6.07) is 14.6. The Labute approximate surface area is 169 Å². The normalized spacial score (nSPS) is 16.7. The predicted octanol–water partition coefficient (Wildman–Crippen LogP) is 1.32. The fraction of sp³-hybridized carbons (Fsp3) is 0.143. The number of amides is 1. The molecule has 7 nitrogen and oxygen atoms in total. The van der Waals surface area contributed by atoms with Gasteiger partial charge in [-0.25, -0.2) is 4.99 Å². The Morgan fingerprint density at radius 1 is 1.10 bits per heavy atom. The molecule has 1 amide bonds. The highest BCUT2D eigenvalue weighted by atomic mass is 32.1. The van der Waals surface area contributed by atoms with E-state index in [1.165, 1.54) is 18.3 Å². The highest BCUT2D eigenvalue weighted by molar-refractivity contribution is 7.07. The van der Waals surface area contributed by atoms with E-state index in [1.54, 1.807) is 16.7 Å². The smallest absolute Gasteiger partial charge is 0.272 e. The Bertz CT molecular complexity index is 1350. The van der Waals surface area contributed by atoms with Crippen molar-refractivity contribution in [1.82, 2.24) is 4.57 Å². The van der Waals surface area contributed by atoms with Crippen LogP contribution < -0.4 is 25.1 Å². The third kappa shape index (κ3) is 2.80. The van der Waals surface area contributed by atoms with E-state index in [4.69, 9.17) is 0 Å². The highest BCUT2D eigenvalue weighted by Gasteiger charge is 2.27. The van der Waals surface area contributed by atoms with E-state index in [2.05, 4.69) is 10.3 Å². The van der Waals surface area contributed by atoms with Crippen molar-refractivity contribution in [3.05, 3.63) is 79.3 Å². The topological polar surface area (TPSA) is 83.8 Å². The molecule has 0 fully saturated rings. The van der Waals surface area contributed by atoms with Gasteiger partial charge in [-0.05, 0) is 37.3 Å². The molecule has 0 saturated heterocycles. The van der Waals surface area contributed by atoms with Gasteiger partial charge in [-0.2, -0.15) is 0 Å². The summed E-state index contributed by atoms with van der Waals surface area (Å²) in [5.41, 5.74) is 3.16. The van der Waals surface area contributed by atoms with Gasteiger partial charge in [0.05, 0.1) is 5.57 Å². The number of hydrogen-bond acceptors (Lipinski definition) is 6. The van der Waals surface area contributed by atoms with Crippen molar-refractivity contribution >= 4 is 40.0 Å². The van der Waals surface area contributed by atoms with Gasteiger partial charge in [0, 0.05) is 22.5 Å². The van der Waals surface area contributed by atoms with Crippen LogP contribution >= 0.6 is 11.3 Å². The van der Waals surface area contributed by atoms with E-state index in [1.807, 2.05) is 41.3 Å². The maximum atomic E-state index is 13.1. The van der Waals surface area contributed by atoms with Gasteiger partial charge in [-0.3, -0.25) is 19.0 Å². The molecule has 2 aromatic carbocycles. The first-order chi connectivity index (χ1) is 14.0. The standard InChI is InChI=1S/C21H16N4O3S/c1-12(26)13-6-8-14(9-7-13)24-10-22-21-25(11-24)20(28)18(29-21)17-15-4-2-3-5-16(15)23-19(17)27/h2-9H,10-11H2,1H3,(H,23,27)/b18-17-. The number of fused-ring (bicyclic) bond motifs is 2. The van der Waals surface area contributed by atoms with Crippen molar-refractivity contribution in [3.63, 3.8) is 0 Å². The molecule has 5 rings (SSSR count). The van der Waals surface area contributed by atoms with Crippen LogP contribution in [0.4, 0.5) is 11.4 Å². The Morgan fingerprint density at radius 2 is 1.86 bits per heavy atom. The molecule has 1 aromatic heterocycles. The number of aromatic nitrogens is 1. The Hall–Kier alpha value is -3.52. The van der Waals surface area contributed by atoms with Crippen molar-refractivity contribution in [1.29, 1.82) is 0 Å². The summed E-state index contributed by atoms with van der Waals surface area (Å²) >= 11 is 1.24. The minimum atomic E-state index is -0.265. The highest BCUT2D eigenvalue weighted by Crippen LogP contribution is 2.29. The second kappa shape index (κ2) is 6.52. The number of Topliss-reactive ketones (excluding diaryl/α,β-unsaturated/α-hetero) is 1. The third-order valence-electron chi connectivity index (χ3n) is 5.09. The van der Waals surface area contributed by atoms with Crippen LogP contribution in [0.15, 0.2) is 58.3 Å². The second-order valence-corrected chi connectivity index (χ2v) is 7.88. The average molecular weight is 404 g/mol. The summed E-state index contributed by atoms with van der Waals surface area (Å²) in [4.78, 5) is 44.2. The first-order valence-corrected chi connectivity index (χ1v) is 9.90. The predicted molar refractivity (Wildman–Crippen MR) is 111 cm³/mol. The molecular weight excluding hydrogens is 388 g/mol. The van der Waals surface area contributed by atoms with Gasteiger partial charge < -0.3 is 10.2 Å². The van der Waals surface area contributed by atoms with Crippen LogP contribution in [0.1, 0.15) is 22.8 Å². The maximum Gasteiger partial charge on any atom is 0.272 e. The zero-order valence-electron chi connectivity index (χ0n) is 15.5. The van der Waals surface area contributed by atoms with Gasteiger partial charge in [-0.1, -0.05) is 29.5 Å². The van der Waals surface area contributed by atoms with Gasteiger partial charge in [-0.15, -0.1) is 0 Å². The van der Waals surface area contributed by atoms with Crippen LogP contribution in [0.25, 0.3) is 5.57 Å². The number of carbonyl (C=O) groups excluding carboxylic acids is 2. The first-order valence-electron chi connectivity index (χ1n) is 9.08. The van der Waals surface area contributed by atoms with Crippen LogP contribution in [0.3, 0.4) is 0 Å². The van der Waals surface area contributed by atoms with E-state index in [-0.39, 0.29) is 17.2 Å². The monoisotopic (exact) mass is 404 g/mol. The molecule has 0 aliphatic carbocycles. The number of thiazole rings is 1. The molecule has 3 heterocycles. The van der Waals surface area contributed by atoms with E-state index in [9.17, 15) is 14.4 Å². The summed E-state index contributed by atoms with van der Waals surface area (Å²) in [6.07, 6.45) is 0. The number of benzene rings is 2. The Kier molecular flexibility index (Phi) is 3.95. The van der Waals surface area contributed by atoms with Gasteiger partial charge >= 0.3 is 0 Å². The van der Waals surface area contributed by atoms with Crippen molar-refractivity contribution in [3.8, 4) is 0 Å². The summed E-state index contributed by atoms with van der Waals surface area (Å²) in [7, 11) is 0. The molecule has 0 spiro atoms. The minimum Gasteiger partial charge on any atom is -0.334 e. The first kappa shape index (κ1) is 17.6. The number of carbonyl (C=O) groups is 2. The molecule has 8 heteroatoms. The number of anilines is 2. The third-order valence-corrected chi connectivity index (χ3v) is 6.21. The fourth-order valence-electron chi connectivity index (χ4n) is 3.57. The fourth-order valence-corrected chi connectivity index (χ4v) is 4.63. The van der Waals surface area contributed by atoms with Crippen molar-refractivity contribution in [2.24, 2.45) is 4.99 Å². The number of nitrogens with one attached hydrogen (secondary N) is 1. The van der Waals surface area contributed by atoms with Crippen LogP contribution in [-0.4, -0.2) is 22.9 Å². The molecule has 0 atom stereocenters. The second-order valence-electron chi connectivity index (χ2n) is 6.91. The van der Waals surface area contributed by atoms with Crippen LogP contribution in [-0.2, 0) is 11.5 Å². The summed E-state index contributed by atoms with van der Waals surface area (Å²) in [5, 5.41) is 2.82. The molecule has 2 aliphatic heterocycles. The van der Waals surface area contributed by atoms with Gasteiger partial charge in [0.2, 0.25) is 0 Å². The summed E-state index contributed by atoms with van der Waals surface area (Å²) in [6.45, 7) is 2.26. The van der Waals surface area contributed by atoms with E-state index < -0.39 is 0 Å². The zero-order chi connectivity index (χ0) is 20.1. The van der Waals surface area contributed by atoms with E-state index in [0.29, 0.717) is 39.5 Å². The number of ketones is 1. The average Bonchev–Trinajstić information content (AvgIpc) is 3.23. The number of hydrogen-bond donors (Lipinski definition) is 1. The quantitative estimate of drug-likeness (QED) is 0.653. The van der Waals surface area contributed by atoms with Crippen LogP contribution in [0, 0.1) is 0 Å². The molecule has 2 aliphatic rings. The Balaban J connectivity index is 1.58. The molecule has 29 heavy (non-hydrogen) atoms. The largest absolute Gasteiger partial charge is 0.334 e. The number of para-hydroxylation sites is 1. The van der Waals surface area contributed by atoms with Crippen molar-refractivity contribution in [2.45, 2.75) is 13.6 Å². The van der Waals surface area contributed by atoms with Crippen molar-refractivity contribution < 1.29 is 9.59 Å². The molecule has 3 aromatic rings. The molecule has 0 bridgehead atoms. The Morgan fingerprint density at radius 3 is 2.62 bits per heavy atom. The lowest BCUT2D eigenvalue weighted by atomic mass is 10.1. The van der Waals surface area contributed by atoms with Gasteiger partial charge in [0.15, 0.2) is 10.6 Å². The SMILES string of the molecule is CC(=O)c1ccc(N2CN=c3s/c(=C4\C(=O)Nc5ccccc54)c(=O)n3C2)cc1. The lowest BCUT2D eigenvalue weighted by molar-refractivity contribution is -0.110. The molecule has 1 N–H and O–H groups in total. The van der Waals surface area contributed by atoms with Gasteiger partial charge in [0.25, 0.3) is 11.5 Å². The lowest BCUT2D eigenvalue weighted by Crippen LogP contribution is -2.43.